The molecule has 0 aliphatic carbocycles. The Morgan fingerprint density at radius 1 is 1.10 bits per heavy atom. The van der Waals surface area contributed by atoms with Crippen molar-refractivity contribution in [3.05, 3.63) is 64.1 Å². The van der Waals surface area contributed by atoms with Crippen LogP contribution < -0.4 is 10.2 Å². The average molecular weight is 324 g/mol. The van der Waals surface area contributed by atoms with Gasteiger partial charge in [0.1, 0.15) is 6.54 Å². The molecule has 2 N–H and O–H groups in total. The summed E-state index contributed by atoms with van der Waals surface area (Å²) < 4.78 is 0. The van der Waals surface area contributed by atoms with E-state index in [9.17, 15) is 4.79 Å². The number of halogens is 2. The number of quaternary nitrogens is 1. The lowest BCUT2D eigenvalue weighted by Gasteiger charge is -2.14. The van der Waals surface area contributed by atoms with Gasteiger partial charge in [-0.05, 0) is 30.3 Å². The highest BCUT2D eigenvalue weighted by atomic mass is 35.5. The van der Waals surface area contributed by atoms with E-state index < -0.39 is 0 Å². The van der Waals surface area contributed by atoms with Gasteiger partial charge in [-0.2, -0.15) is 0 Å². The largest absolute Gasteiger partial charge is 0.326 e. The molecule has 0 heterocycles. The van der Waals surface area contributed by atoms with Crippen LogP contribution in [0.15, 0.2) is 48.5 Å². The van der Waals surface area contributed by atoms with Crippen molar-refractivity contribution in [2.75, 3.05) is 18.9 Å². The minimum absolute atomic E-state index is 0.0382. The SMILES string of the molecule is C[NH+](CC(=O)Nc1cccc(Cl)c1)Cc1ccc(Cl)cc1. The summed E-state index contributed by atoms with van der Waals surface area (Å²) in [6.45, 7) is 1.15. The van der Waals surface area contributed by atoms with E-state index in [0.717, 1.165) is 22.0 Å². The zero-order chi connectivity index (χ0) is 15.2. The van der Waals surface area contributed by atoms with Crippen molar-refractivity contribution in [3.63, 3.8) is 0 Å². The number of anilines is 1. The third kappa shape index (κ3) is 5.38. The molecule has 21 heavy (non-hydrogen) atoms. The van der Waals surface area contributed by atoms with Crippen LogP contribution in [0.2, 0.25) is 10.0 Å². The van der Waals surface area contributed by atoms with Gasteiger partial charge < -0.3 is 10.2 Å². The van der Waals surface area contributed by atoms with Gasteiger partial charge >= 0.3 is 0 Å². The van der Waals surface area contributed by atoms with Crippen molar-refractivity contribution in [1.82, 2.24) is 0 Å². The normalized spacial score (nSPS) is 12.0. The van der Waals surface area contributed by atoms with Crippen molar-refractivity contribution < 1.29 is 9.69 Å². The van der Waals surface area contributed by atoms with Crippen LogP contribution in [0.1, 0.15) is 5.56 Å². The van der Waals surface area contributed by atoms with E-state index in [1.165, 1.54) is 0 Å². The fourth-order valence-corrected chi connectivity index (χ4v) is 2.38. The highest BCUT2D eigenvalue weighted by Gasteiger charge is 2.11. The predicted octanol–water partition coefficient (Wildman–Crippen LogP) is 2.65. The molecule has 0 aromatic heterocycles. The minimum Gasteiger partial charge on any atom is -0.326 e. The standard InChI is InChI=1S/C16H16Cl2N2O/c1-20(10-12-5-7-13(17)8-6-12)11-16(21)19-15-4-2-3-14(18)9-15/h2-9H,10-11H2,1H3,(H,19,21)/p+1. The Morgan fingerprint density at radius 2 is 1.81 bits per heavy atom. The van der Waals surface area contributed by atoms with E-state index >= 15 is 0 Å². The van der Waals surface area contributed by atoms with E-state index in [-0.39, 0.29) is 5.91 Å². The topological polar surface area (TPSA) is 33.5 Å². The molecule has 0 aliphatic rings. The molecule has 0 bridgehead atoms. The van der Waals surface area contributed by atoms with Gasteiger partial charge in [-0.15, -0.1) is 0 Å². The smallest absolute Gasteiger partial charge is 0.279 e. The molecule has 0 saturated heterocycles. The van der Waals surface area contributed by atoms with Crippen LogP contribution in [0.3, 0.4) is 0 Å². The quantitative estimate of drug-likeness (QED) is 0.871. The molecular weight excluding hydrogens is 307 g/mol. The van der Waals surface area contributed by atoms with Crippen molar-refractivity contribution in [2.24, 2.45) is 0 Å². The lowest BCUT2D eigenvalue weighted by atomic mass is 10.2. The second-order valence-electron chi connectivity index (χ2n) is 5.00. The number of hydrogen-bond acceptors (Lipinski definition) is 1. The van der Waals surface area contributed by atoms with Crippen molar-refractivity contribution in [3.8, 4) is 0 Å². The third-order valence-corrected chi connectivity index (χ3v) is 3.48. The van der Waals surface area contributed by atoms with E-state index in [1.807, 2.05) is 43.4 Å². The second-order valence-corrected chi connectivity index (χ2v) is 5.87. The summed E-state index contributed by atoms with van der Waals surface area (Å²) in [6.07, 6.45) is 0. The van der Waals surface area contributed by atoms with Gasteiger partial charge in [0, 0.05) is 21.3 Å². The van der Waals surface area contributed by atoms with Gasteiger partial charge in [0.25, 0.3) is 5.91 Å². The Hall–Kier alpha value is -1.55. The van der Waals surface area contributed by atoms with Gasteiger partial charge in [0.05, 0.1) is 7.05 Å². The van der Waals surface area contributed by atoms with Crippen LogP contribution >= 0.6 is 23.2 Å². The van der Waals surface area contributed by atoms with Crippen LogP contribution in [0, 0.1) is 0 Å². The first-order chi connectivity index (χ1) is 10.0. The summed E-state index contributed by atoms with van der Waals surface area (Å²) in [6, 6.07) is 14.8. The van der Waals surface area contributed by atoms with Crippen molar-refractivity contribution in [1.29, 1.82) is 0 Å². The second kappa shape index (κ2) is 7.46. The number of benzene rings is 2. The molecule has 0 fully saturated rings. The monoisotopic (exact) mass is 323 g/mol. The van der Waals surface area contributed by atoms with Crippen molar-refractivity contribution in [2.45, 2.75) is 6.54 Å². The van der Waals surface area contributed by atoms with E-state index in [4.69, 9.17) is 23.2 Å². The molecule has 2 aromatic rings. The maximum Gasteiger partial charge on any atom is 0.279 e. The molecule has 1 atom stereocenters. The number of carbonyl (C=O) groups is 1. The summed E-state index contributed by atoms with van der Waals surface area (Å²) in [5.41, 5.74) is 1.86. The number of nitrogens with one attached hydrogen (secondary N) is 2. The Kier molecular flexibility index (Phi) is 5.62. The molecule has 1 unspecified atom stereocenters. The van der Waals surface area contributed by atoms with Crippen LogP contribution in [0.4, 0.5) is 5.69 Å². The van der Waals surface area contributed by atoms with Gasteiger partial charge in [0.2, 0.25) is 0 Å². The summed E-state index contributed by atoms with van der Waals surface area (Å²) in [4.78, 5) is 13.1. The number of rotatable bonds is 5. The lowest BCUT2D eigenvalue weighted by molar-refractivity contribution is -0.885. The van der Waals surface area contributed by atoms with E-state index in [0.29, 0.717) is 17.3 Å². The minimum atomic E-state index is -0.0382. The fraction of sp³-hybridized carbons (Fsp3) is 0.188. The molecule has 110 valence electrons. The summed E-state index contributed by atoms with van der Waals surface area (Å²) >= 11 is 11.7. The zero-order valence-electron chi connectivity index (χ0n) is 11.7. The molecule has 5 heteroatoms. The predicted molar refractivity (Wildman–Crippen MR) is 87.0 cm³/mol. The van der Waals surface area contributed by atoms with Crippen LogP contribution in [0.5, 0.6) is 0 Å². The van der Waals surface area contributed by atoms with Crippen LogP contribution in [-0.2, 0) is 11.3 Å². The number of likely N-dealkylation sites (N-methyl/N-ethyl adjacent to an activating group) is 1. The average Bonchev–Trinajstić information content (AvgIpc) is 2.41. The van der Waals surface area contributed by atoms with Gasteiger partial charge in [-0.1, -0.05) is 41.4 Å². The third-order valence-electron chi connectivity index (χ3n) is 2.99. The first kappa shape index (κ1) is 15.8. The van der Waals surface area contributed by atoms with Crippen LogP contribution in [-0.4, -0.2) is 19.5 Å². The molecule has 0 saturated carbocycles. The molecule has 0 aliphatic heterocycles. The Labute approximate surface area is 134 Å². The molecule has 2 rings (SSSR count). The highest BCUT2D eigenvalue weighted by molar-refractivity contribution is 6.31. The summed E-state index contributed by atoms with van der Waals surface area (Å²) in [5.74, 6) is -0.0382. The number of amides is 1. The van der Waals surface area contributed by atoms with Gasteiger partial charge in [-0.3, -0.25) is 4.79 Å². The first-order valence-corrected chi connectivity index (χ1v) is 7.39. The maximum atomic E-state index is 12.0. The molecule has 0 radical (unpaired) electrons. The summed E-state index contributed by atoms with van der Waals surface area (Å²) in [7, 11) is 1.98. The molecule has 0 spiro atoms. The van der Waals surface area contributed by atoms with E-state index in [2.05, 4.69) is 5.32 Å². The molecule has 2 aromatic carbocycles. The van der Waals surface area contributed by atoms with E-state index in [1.54, 1.807) is 12.1 Å². The summed E-state index contributed by atoms with van der Waals surface area (Å²) in [5, 5.41) is 4.17. The zero-order valence-corrected chi connectivity index (χ0v) is 13.2. The lowest BCUT2D eigenvalue weighted by Crippen LogP contribution is -3.08. The van der Waals surface area contributed by atoms with Crippen molar-refractivity contribution >= 4 is 34.8 Å². The fourth-order valence-electron chi connectivity index (χ4n) is 2.06. The number of hydrogen-bond donors (Lipinski definition) is 2. The first-order valence-electron chi connectivity index (χ1n) is 6.64. The maximum absolute atomic E-state index is 12.0. The van der Waals surface area contributed by atoms with Gasteiger partial charge in [-0.25, -0.2) is 0 Å². The Bertz CT molecular complexity index is 614. The molecule has 1 amide bonds. The highest BCUT2D eigenvalue weighted by Crippen LogP contribution is 2.14. The van der Waals surface area contributed by atoms with Crippen LogP contribution in [0.25, 0.3) is 0 Å². The number of carbonyl (C=O) groups excluding carboxylic acids is 1. The molecular formula is C16H17Cl2N2O+. The van der Waals surface area contributed by atoms with Gasteiger partial charge in [0.15, 0.2) is 6.54 Å². The Morgan fingerprint density at radius 3 is 2.48 bits per heavy atom. The Balaban J connectivity index is 1.86. The molecule has 3 nitrogen and oxygen atoms in total.